The molecule has 1 aromatic rings. The maximum absolute atomic E-state index is 12.4. The Kier molecular flexibility index (Phi) is 6.97. The second-order valence-corrected chi connectivity index (χ2v) is 7.18. The van der Waals surface area contributed by atoms with Crippen LogP contribution in [0.2, 0.25) is 0 Å². The Balaban J connectivity index is 2.07. The molecule has 1 aromatic heterocycles. The van der Waals surface area contributed by atoms with E-state index in [2.05, 4.69) is 11.4 Å². The van der Waals surface area contributed by atoms with Gasteiger partial charge in [0.2, 0.25) is 5.91 Å². The zero-order valence-corrected chi connectivity index (χ0v) is 15.8. The summed E-state index contributed by atoms with van der Waals surface area (Å²) in [5.74, 6) is -0.274. The van der Waals surface area contributed by atoms with Crippen LogP contribution in [0.1, 0.15) is 55.5 Å². The third-order valence-corrected chi connectivity index (χ3v) is 5.05. The van der Waals surface area contributed by atoms with Gasteiger partial charge in [-0.25, -0.2) is 4.79 Å². The summed E-state index contributed by atoms with van der Waals surface area (Å²) < 4.78 is 5.17. The Morgan fingerprint density at radius 3 is 2.76 bits per heavy atom. The monoisotopic (exact) mass is 363 g/mol. The van der Waals surface area contributed by atoms with E-state index in [1.807, 2.05) is 24.1 Å². The number of nitrogens with zero attached hydrogens (tertiary/aromatic N) is 2. The first-order valence-electron chi connectivity index (χ1n) is 8.70. The van der Waals surface area contributed by atoms with Crippen LogP contribution in [0, 0.1) is 17.2 Å². The Hall–Kier alpha value is -1.91. The number of amides is 1. The Morgan fingerprint density at radius 2 is 2.20 bits per heavy atom. The fraction of sp³-hybridized carbons (Fsp3) is 0.611. The van der Waals surface area contributed by atoms with Crippen molar-refractivity contribution in [3.8, 4) is 6.07 Å². The highest BCUT2D eigenvalue weighted by atomic mass is 32.1. The fourth-order valence-corrected chi connectivity index (χ4v) is 3.72. The van der Waals surface area contributed by atoms with Crippen molar-refractivity contribution in [3.63, 3.8) is 0 Å². The normalized spacial score (nSPS) is 14.8. The molecule has 0 spiro atoms. The van der Waals surface area contributed by atoms with Crippen molar-refractivity contribution in [1.29, 1.82) is 5.26 Å². The van der Waals surface area contributed by atoms with Crippen molar-refractivity contribution >= 4 is 28.2 Å². The van der Waals surface area contributed by atoms with Gasteiger partial charge < -0.3 is 10.1 Å². The highest BCUT2D eigenvalue weighted by Crippen LogP contribution is 2.46. The molecule has 0 saturated heterocycles. The maximum Gasteiger partial charge on any atom is 0.341 e. The molecule has 1 aliphatic carbocycles. The van der Waals surface area contributed by atoms with Crippen LogP contribution >= 0.6 is 11.3 Å². The molecule has 0 bridgehead atoms. The lowest BCUT2D eigenvalue weighted by molar-refractivity contribution is -0.117. The van der Waals surface area contributed by atoms with E-state index in [0.29, 0.717) is 36.2 Å². The molecule has 1 saturated carbocycles. The average Bonchev–Trinajstić information content (AvgIpc) is 3.35. The third-order valence-electron chi connectivity index (χ3n) is 4.14. The number of esters is 1. The number of nitriles is 1. The van der Waals surface area contributed by atoms with E-state index in [9.17, 15) is 9.59 Å². The van der Waals surface area contributed by atoms with Gasteiger partial charge in [-0.15, -0.1) is 11.3 Å². The minimum Gasteiger partial charge on any atom is -0.462 e. The highest BCUT2D eigenvalue weighted by molar-refractivity contribution is 7.15. The van der Waals surface area contributed by atoms with E-state index < -0.39 is 0 Å². The third kappa shape index (κ3) is 5.28. The maximum atomic E-state index is 12.4. The molecule has 1 N–H and O–H groups in total. The molecule has 1 atom stereocenters. The van der Waals surface area contributed by atoms with Gasteiger partial charge >= 0.3 is 5.97 Å². The zero-order chi connectivity index (χ0) is 18.4. The van der Waals surface area contributed by atoms with E-state index in [1.54, 1.807) is 6.92 Å². The quantitative estimate of drug-likeness (QED) is 0.681. The van der Waals surface area contributed by atoms with E-state index in [-0.39, 0.29) is 24.3 Å². The van der Waals surface area contributed by atoms with E-state index in [0.717, 1.165) is 18.4 Å². The SMILES string of the molecule is CCOC(=O)c1c(C2CC2)csc1NC(=O)CN(CC)CC(C)C#N. The van der Waals surface area contributed by atoms with Crippen molar-refractivity contribution in [2.75, 3.05) is 31.6 Å². The molecule has 136 valence electrons. The second kappa shape index (κ2) is 8.97. The minimum atomic E-state index is -0.369. The van der Waals surface area contributed by atoms with Crippen LogP contribution in [0.3, 0.4) is 0 Å². The van der Waals surface area contributed by atoms with Crippen LogP contribution < -0.4 is 5.32 Å². The van der Waals surface area contributed by atoms with Crippen LogP contribution in [0.5, 0.6) is 0 Å². The summed E-state index contributed by atoms with van der Waals surface area (Å²) in [7, 11) is 0. The predicted molar refractivity (Wildman–Crippen MR) is 97.8 cm³/mol. The number of ether oxygens (including phenoxy) is 1. The summed E-state index contributed by atoms with van der Waals surface area (Å²) >= 11 is 1.38. The number of anilines is 1. The molecule has 2 rings (SSSR count). The lowest BCUT2D eigenvalue weighted by Crippen LogP contribution is -2.35. The summed E-state index contributed by atoms with van der Waals surface area (Å²) in [4.78, 5) is 26.6. The molecule has 0 aliphatic heterocycles. The largest absolute Gasteiger partial charge is 0.462 e. The second-order valence-electron chi connectivity index (χ2n) is 6.30. The van der Waals surface area contributed by atoms with Crippen molar-refractivity contribution in [2.45, 2.75) is 39.5 Å². The lowest BCUT2D eigenvalue weighted by Gasteiger charge is -2.20. The van der Waals surface area contributed by atoms with Gasteiger partial charge in [0.25, 0.3) is 0 Å². The Bertz CT molecular complexity index is 661. The molecule has 1 unspecified atom stereocenters. The molecular weight excluding hydrogens is 338 g/mol. The molecule has 1 heterocycles. The molecule has 1 fully saturated rings. The molecule has 1 aliphatic rings. The summed E-state index contributed by atoms with van der Waals surface area (Å²) in [5, 5.41) is 14.3. The van der Waals surface area contributed by atoms with Crippen LogP contribution in [-0.2, 0) is 9.53 Å². The van der Waals surface area contributed by atoms with Crippen LogP contribution in [0.25, 0.3) is 0 Å². The topological polar surface area (TPSA) is 82.4 Å². The number of carbonyl (C=O) groups excluding carboxylic acids is 2. The number of thiophene rings is 1. The number of carbonyl (C=O) groups is 2. The van der Waals surface area contributed by atoms with Crippen LogP contribution in [0.4, 0.5) is 5.00 Å². The molecule has 0 radical (unpaired) electrons. The number of hydrogen-bond donors (Lipinski definition) is 1. The zero-order valence-electron chi connectivity index (χ0n) is 15.0. The summed E-state index contributed by atoms with van der Waals surface area (Å²) in [6.45, 7) is 7.29. The number of likely N-dealkylation sites (N-methyl/N-ethyl adjacent to an activating group) is 1. The molecule has 7 heteroatoms. The average molecular weight is 363 g/mol. The highest BCUT2D eigenvalue weighted by Gasteiger charge is 2.32. The van der Waals surface area contributed by atoms with Gasteiger partial charge in [-0.3, -0.25) is 9.69 Å². The van der Waals surface area contributed by atoms with Gasteiger partial charge in [0.15, 0.2) is 0 Å². The van der Waals surface area contributed by atoms with Gasteiger partial charge in [0, 0.05) is 6.54 Å². The van der Waals surface area contributed by atoms with Crippen LogP contribution in [0.15, 0.2) is 5.38 Å². The van der Waals surface area contributed by atoms with Crippen molar-refractivity contribution < 1.29 is 14.3 Å². The first kappa shape index (κ1) is 19.4. The Labute approximate surface area is 152 Å². The molecule has 6 nitrogen and oxygen atoms in total. The van der Waals surface area contributed by atoms with E-state index in [1.165, 1.54) is 11.3 Å². The molecular formula is C18H25N3O3S. The standard InChI is InChI=1S/C18H25N3O3S/c1-4-21(9-12(3)8-19)10-15(22)20-17-16(18(23)24-5-2)14(11-25-17)13-6-7-13/h11-13H,4-7,9-10H2,1-3H3,(H,20,22). The number of rotatable bonds is 9. The molecule has 1 amide bonds. The van der Waals surface area contributed by atoms with Gasteiger partial charge in [0.1, 0.15) is 5.00 Å². The van der Waals surface area contributed by atoms with Crippen molar-refractivity contribution in [2.24, 2.45) is 5.92 Å². The van der Waals surface area contributed by atoms with E-state index in [4.69, 9.17) is 10.00 Å². The first-order chi connectivity index (χ1) is 12.0. The van der Waals surface area contributed by atoms with Gasteiger partial charge in [-0.05, 0) is 50.1 Å². The van der Waals surface area contributed by atoms with Gasteiger partial charge in [-0.1, -0.05) is 6.92 Å². The predicted octanol–water partition coefficient (Wildman–Crippen LogP) is 3.22. The molecule has 0 aromatic carbocycles. The number of hydrogen-bond acceptors (Lipinski definition) is 6. The van der Waals surface area contributed by atoms with E-state index >= 15 is 0 Å². The minimum absolute atomic E-state index is 0.133. The first-order valence-corrected chi connectivity index (χ1v) is 9.58. The lowest BCUT2D eigenvalue weighted by atomic mass is 10.1. The fourth-order valence-electron chi connectivity index (χ4n) is 2.67. The summed E-state index contributed by atoms with van der Waals surface area (Å²) in [6, 6.07) is 2.18. The Morgan fingerprint density at radius 1 is 1.48 bits per heavy atom. The number of nitrogens with one attached hydrogen (secondary N) is 1. The summed E-state index contributed by atoms with van der Waals surface area (Å²) in [6.07, 6.45) is 2.15. The van der Waals surface area contributed by atoms with Crippen molar-refractivity contribution in [3.05, 3.63) is 16.5 Å². The van der Waals surface area contributed by atoms with Gasteiger partial charge in [-0.2, -0.15) is 5.26 Å². The van der Waals surface area contributed by atoms with Crippen LogP contribution in [-0.4, -0.2) is 43.0 Å². The molecule has 25 heavy (non-hydrogen) atoms. The smallest absolute Gasteiger partial charge is 0.341 e. The summed E-state index contributed by atoms with van der Waals surface area (Å²) in [5.41, 5.74) is 1.50. The van der Waals surface area contributed by atoms with Gasteiger partial charge in [0.05, 0.1) is 30.7 Å². The van der Waals surface area contributed by atoms with Crippen molar-refractivity contribution in [1.82, 2.24) is 4.90 Å².